The van der Waals surface area contributed by atoms with Crippen molar-refractivity contribution >= 4 is 135 Å². The van der Waals surface area contributed by atoms with Gasteiger partial charge in [0.2, 0.25) is 0 Å². The maximum Gasteiger partial charge on any atom is 0.498 e. The van der Waals surface area contributed by atoms with Crippen molar-refractivity contribution in [2.24, 2.45) is 0 Å². The normalized spacial score (nSPS) is 14.2. The fraction of sp³-hybridized carbons (Fsp3) is 0.148. The van der Waals surface area contributed by atoms with Gasteiger partial charge >= 0.3 is 7.12 Å². The van der Waals surface area contributed by atoms with E-state index < -0.39 is 18.3 Å². The summed E-state index contributed by atoms with van der Waals surface area (Å²) < 4.78 is 35.7. The SMILES string of the molecule is COc1ccc(-c2ccc3ccc4ccc(Cl)nc4c3n2)c2oc3cccnc3c12.COc1ccc(B2OC(C)(C)C(C)(C)O2)c2oc3cccnc3c12.Clc1ccc2ccc3ccc(Cl)nc3c2n1. The number of benzene rings is 4. The molecular formula is C54H40BCl3N6O6. The molecule has 1 aliphatic heterocycles. The molecule has 0 radical (unpaired) electrons. The van der Waals surface area contributed by atoms with E-state index in [-0.39, 0.29) is 0 Å². The first-order valence-corrected chi connectivity index (χ1v) is 23.4. The summed E-state index contributed by atoms with van der Waals surface area (Å²) in [5.74, 6) is 1.44. The number of halogens is 3. The minimum Gasteiger partial charge on any atom is -0.496 e. The Bertz CT molecular complexity index is 3960. The molecule has 346 valence electrons. The number of furan rings is 2. The van der Waals surface area contributed by atoms with Gasteiger partial charge in [-0.1, -0.05) is 71.2 Å². The third kappa shape index (κ3) is 7.93. The Balaban J connectivity index is 0.000000120. The van der Waals surface area contributed by atoms with Crippen molar-refractivity contribution in [1.82, 2.24) is 29.9 Å². The Hall–Kier alpha value is -7.13. The van der Waals surface area contributed by atoms with Crippen LogP contribution >= 0.6 is 34.8 Å². The Morgan fingerprint density at radius 3 is 1.36 bits per heavy atom. The highest BCUT2D eigenvalue weighted by Gasteiger charge is 2.52. The second-order valence-corrected chi connectivity index (χ2v) is 18.8. The molecule has 0 N–H and O–H groups in total. The summed E-state index contributed by atoms with van der Waals surface area (Å²) in [6.07, 6.45) is 3.50. The number of fused-ring (bicyclic) bond motifs is 12. The van der Waals surface area contributed by atoms with Gasteiger partial charge in [0.05, 0.1) is 64.0 Å². The molecule has 1 fully saturated rings. The largest absolute Gasteiger partial charge is 0.498 e. The van der Waals surface area contributed by atoms with Crippen molar-refractivity contribution in [3.8, 4) is 22.8 Å². The smallest absolute Gasteiger partial charge is 0.496 e. The molecule has 0 atom stereocenters. The van der Waals surface area contributed by atoms with Crippen LogP contribution in [0.15, 0.2) is 143 Å². The molecule has 0 amide bonds. The highest BCUT2D eigenvalue weighted by Crippen LogP contribution is 2.42. The minimum atomic E-state index is -0.496. The van der Waals surface area contributed by atoms with E-state index in [0.29, 0.717) is 38.0 Å². The van der Waals surface area contributed by atoms with Crippen LogP contribution in [0.3, 0.4) is 0 Å². The van der Waals surface area contributed by atoms with E-state index in [1.54, 1.807) is 44.8 Å². The predicted molar refractivity (Wildman–Crippen MR) is 280 cm³/mol. The van der Waals surface area contributed by atoms with Gasteiger partial charge < -0.3 is 27.6 Å². The van der Waals surface area contributed by atoms with E-state index in [1.807, 2.05) is 131 Å². The predicted octanol–water partition coefficient (Wildman–Crippen LogP) is 13.8. The standard InChI is InChI=1S/C24H14ClN3O2.C18H20BNO4.C12H6Cl2N2/c1-29-17-10-8-15(24-20(17)23-18(30-24)3-2-12-26-23)16-9-6-13-4-5-14-7-11-19(25)28-22(14)21(13)27-16;1-17(2)18(3,4)24-19(23-17)11-8-9-12(21-5)14-15-13(22-16(11)14)7-6-10-20-15;13-9-5-3-7-1-2-8-4-6-10(14)16-12(8)11(7)15-9/h2-12H,1H3;6-10H,1-5H3;1-6H. The number of ether oxygens (including phenoxy) is 2. The number of pyridine rings is 6. The van der Waals surface area contributed by atoms with Crippen LogP contribution in [-0.4, -0.2) is 62.4 Å². The number of hydrogen-bond acceptors (Lipinski definition) is 12. The van der Waals surface area contributed by atoms with Crippen LogP contribution in [0.2, 0.25) is 15.5 Å². The van der Waals surface area contributed by atoms with E-state index >= 15 is 0 Å². The van der Waals surface area contributed by atoms with Crippen LogP contribution in [-0.2, 0) is 9.31 Å². The molecule has 13 rings (SSSR count). The molecule has 12 aromatic rings. The number of aromatic nitrogens is 6. The van der Waals surface area contributed by atoms with Gasteiger partial charge in [-0.15, -0.1) is 0 Å². The highest BCUT2D eigenvalue weighted by molar-refractivity contribution is 6.65. The first kappa shape index (κ1) is 45.3. The second-order valence-electron chi connectivity index (χ2n) is 17.6. The molecular weight excluding hydrogens is 946 g/mol. The van der Waals surface area contributed by atoms with E-state index in [4.69, 9.17) is 67.4 Å². The maximum atomic E-state index is 6.18. The summed E-state index contributed by atoms with van der Waals surface area (Å²) in [5.41, 5.74) is 9.19. The highest BCUT2D eigenvalue weighted by atomic mass is 35.5. The monoisotopic (exact) mass is 984 g/mol. The number of rotatable bonds is 4. The van der Waals surface area contributed by atoms with Crippen molar-refractivity contribution < 1.29 is 27.6 Å². The second kappa shape index (κ2) is 17.7. The lowest BCUT2D eigenvalue weighted by Crippen LogP contribution is -2.41. The summed E-state index contributed by atoms with van der Waals surface area (Å²) in [4.78, 5) is 27.0. The van der Waals surface area contributed by atoms with E-state index in [9.17, 15) is 0 Å². The van der Waals surface area contributed by atoms with Crippen molar-refractivity contribution in [3.05, 3.63) is 149 Å². The third-order valence-corrected chi connectivity index (χ3v) is 13.5. The Labute approximate surface area is 415 Å². The first-order chi connectivity index (χ1) is 33.8. The minimum absolute atomic E-state index is 0.409. The molecule has 16 heteroatoms. The average molecular weight is 986 g/mol. The molecule has 0 bridgehead atoms. The molecule has 0 unspecified atom stereocenters. The van der Waals surface area contributed by atoms with Gasteiger partial charge in [0, 0.05) is 45.0 Å². The zero-order chi connectivity index (χ0) is 48.5. The number of nitrogens with zero attached hydrogens (tertiary/aromatic N) is 6. The van der Waals surface area contributed by atoms with Crippen LogP contribution in [0.1, 0.15) is 27.7 Å². The van der Waals surface area contributed by atoms with Gasteiger partial charge in [-0.3, -0.25) is 9.97 Å². The Morgan fingerprint density at radius 2 is 0.871 bits per heavy atom. The lowest BCUT2D eigenvalue weighted by atomic mass is 9.78. The topological polar surface area (TPSA) is 141 Å². The molecule has 8 aromatic heterocycles. The van der Waals surface area contributed by atoms with Crippen LogP contribution in [0, 0.1) is 0 Å². The maximum absolute atomic E-state index is 6.18. The van der Waals surface area contributed by atoms with Crippen LogP contribution in [0.5, 0.6) is 11.5 Å². The van der Waals surface area contributed by atoms with Crippen LogP contribution in [0.4, 0.5) is 0 Å². The molecule has 70 heavy (non-hydrogen) atoms. The molecule has 0 spiro atoms. The van der Waals surface area contributed by atoms with Crippen LogP contribution in [0.25, 0.3) is 99.0 Å². The summed E-state index contributed by atoms with van der Waals surface area (Å²) >= 11 is 17.9. The molecule has 9 heterocycles. The van der Waals surface area contributed by atoms with E-state index in [1.165, 1.54) is 0 Å². The van der Waals surface area contributed by atoms with Gasteiger partial charge in [0.15, 0.2) is 11.2 Å². The van der Waals surface area contributed by atoms with Gasteiger partial charge in [-0.25, -0.2) is 19.9 Å². The van der Waals surface area contributed by atoms with Crippen LogP contribution < -0.4 is 14.9 Å². The Morgan fingerprint density at radius 1 is 0.457 bits per heavy atom. The third-order valence-electron chi connectivity index (χ3n) is 12.9. The first-order valence-electron chi connectivity index (χ1n) is 22.2. The van der Waals surface area contributed by atoms with Crippen molar-refractivity contribution in [2.75, 3.05) is 14.2 Å². The summed E-state index contributed by atoms with van der Waals surface area (Å²) in [5, 5.41) is 7.05. The lowest BCUT2D eigenvalue weighted by molar-refractivity contribution is 0.00578. The van der Waals surface area contributed by atoms with E-state index in [0.717, 1.165) is 93.5 Å². The summed E-state index contributed by atoms with van der Waals surface area (Å²) in [6.45, 7) is 8.14. The van der Waals surface area contributed by atoms with Crippen molar-refractivity contribution in [2.45, 2.75) is 38.9 Å². The summed E-state index contributed by atoms with van der Waals surface area (Å²) in [6, 6.07) is 38.4. The van der Waals surface area contributed by atoms with Gasteiger partial charge in [-0.05, 0) is 113 Å². The Kier molecular flexibility index (Phi) is 11.4. The van der Waals surface area contributed by atoms with Gasteiger partial charge in [0.25, 0.3) is 0 Å². The molecule has 4 aromatic carbocycles. The number of hydrogen-bond donors (Lipinski definition) is 0. The molecule has 0 saturated carbocycles. The summed E-state index contributed by atoms with van der Waals surface area (Å²) in [7, 11) is 2.79. The number of methoxy groups -OCH3 is 2. The molecule has 1 saturated heterocycles. The average Bonchev–Trinajstić information content (AvgIpc) is 4.02. The molecule has 1 aliphatic rings. The van der Waals surface area contributed by atoms with Gasteiger partial charge in [-0.2, -0.15) is 0 Å². The molecule has 0 aliphatic carbocycles. The zero-order valence-electron chi connectivity index (χ0n) is 38.5. The lowest BCUT2D eigenvalue weighted by Gasteiger charge is -2.32. The zero-order valence-corrected chi connectivity index (χ0v) is 40.8. The van der Waals surface area contributed by atoms with Gasteiger partial charge in [0.1, 0.15) is 49.2 Å². The van der Waals surface area contributed by atoms with Crippen molar-refractivity contribution in [1.29, 1.82) is 0 Å². The van der Waals surface area contributed by atoms with E-state index in [2.05, 4.69) is 24.9 Å². The molecule has 12 nitrogen and oxygen atoms in total. The quantitative estimate of drug-likeness (QED) is 0.0941. The fourth-order valence-corrected chi connectivity index (χ4v) is 9.11. The fourth-order valence-electron chi connectivity index (χ4n) is 8.66. The van der Waals surface area contributed by atoms with Crippen molar-refractivity contribution in [3.63, 3.8) is 0 Å².